The summed E-state index contributed by atoms with van der Waals surface area (Å²) in [4.78, 5) is 4.72. The number of halogens is 1. The van der Waals surface area contributed by atoms with Gasteiger partial charge in [0.25, 0.3) is 0 Å². The molecule has 0 atom stereocenters. The average Bonchev–Trinajstić information content (AvgIpc) is 3.12. The highest BCUT2D eigenvalue weighted by molar-refractivity contribution is 6.35. The van der Waals surface area contributed by atoms with Crippen LogP contribution in [0.5, 0.6) is 5.75 Å². The molecule has 0 unspecified atom stereocenters. The molecule has 3 heteroatoms. The summed E-state index contributed by atoms with van der Waals surface area (Å²) in [5.41, 5.74) is 3.13. The maximum absolute atomic E-state index is 6.37. The molecule has 0 N–H and O–H groups in total. The Balaban J connectivity index is 2.33. The van der Waals surface area contributed by atoms with Gasteiger partial charge in [0.05, 0.1) is 12.1 Å². The van der Waals surface area contributed by atoms with Gasteiger partial charge in [-0.1, -0.05) is 17.7 Å². The van der Waals surface area contributed by atoms with Crippen LogP contribution < -0.4 is 4.74 Å². The number of fused-ring (bicyclic) bond motifs is 1. The molecule has 1 aromatic carbocycles. The van der Waals surface area contributed by atoms with E-state index in [1.807, 2.05) is 25.1 Å². The number of hydrogen-bond acceptors (Lipinski definition) is 2. The minimum Gasteiger partial charge on any atom is -0.494 e. The maximum Gasteiger partial charge on any atom is 0.145 e. The molecule has 1 aromatic heterocycles. The molecule has 0 aliphatic heterocycles. The standard InChI is InChI=1S/C14H14ClNO/c1-8-3-6-12(17-2)14-13(8)10(15)7-11(16-14)9-4-5-9/h3,6-7,9H,4-5H2,1-2H3. The van der Waals surface area contributed by atoms with Crippen molar-refractivity contribution < 1.29 is 4.74 Å². The van der Waals surface area contributed by atoms with E-state index in [9.17, 15) is 0 Å². The first-order valence-corrected chi connectivity index (χ1v) is 6.22. The van der Waals surface area contributed by atoms with Crippen LogP contribution in [0.15, 0.2) is 18.2 Å². The minimum absolute atomic E-state index is 0.599. The predicted octanol–water partition coefficient (Wildman–Crippen LogP) is 4.08. The first-order chi connectivity index (χ1) is 8.20. The fourth-order valence-corrected chi connectivity index (χ4v) is 2.55. The van der Waals surface area contributed by atoms with Gasteiger partial charge in [-0.15, -0.1) is 0 Å². The third-order valence-electron chi connectivity index (χ3n) is 3.32. The molecule has 1 aliphatic carbocycles. The molecule has 2 aromatic rings. The summed E-state index contributed by atoms with van der Waals surface area (Å²) in [5, 5.41) is 1.80. The molecule has 1 saturated carbocycles. The maximum atomic E-state index is 6.37. The van der Waals surface area contributed by atoms with Crippen molar-refractivity contribution in [2.24, 2.45) is 0 Å². The molecule has 0 amide bonds. The lowest BCUT2D eigenvalue weighted by molar-refractivity contribution is 0.418. The van der Waals surface area contributed by atoms with Crippen LogP contribution in [0.4, 0.5) is 0 Å². The number of rotatable bonds is 2. The number of aromatic nitrogens is 1. The van der Waals surface area contributed by atoms with Crippen molar-refractivity contribution in [1.29, 1.82) is 0 Å². The molecular formula is C14H14ClNO. The van der Waals surface area contributed by atoms with E-state index in [-0.39, 0.29) is 0 Å². The number of methoxy groups -OCH3 is 1. The lowest BCUT2D eigenvalue weighted by Crippen LogP contribution is -1.94. The van der Waals surface area contributed by atoms with Gasteiger partial charge in [0.2, 0.25) is 0 Å². The zero-order valence-corrected chi connectivity index (χ0v) is 10.7. The predicted molar refractivity (Wildman–Crippen MR) is 70.0 cm³/mol. The van der Waals surface area contributed by atoms with Gasteiger partial charge in [-0.25, -0.2) is 4.98 Å². The second-order valence-electron chi connectivity index (χ2n) is 4.61. The zero-order valence-electron chi connectivity index (χ0n) is 9.96. The Bertz CT molecular complexity index is 590. The normalized spacial score (nSPS) is 15.2. The molecule has 0 saturated heterocycles. The fraction of sp³-hybridized carbons (Fsp3) is 0.357. The first-order valence-electron chi connectivity index (χ1n) is 5.84. The third-order valence-corrected chi connectivity index (χ3v) is 3.62. The zero-order chi connectivity index (χ0) is 12.0. The number of pyridine rings is 1. The SMILES string of the molecule is COc1ccc(C)c2c(Cl)cc(C3CC3)nc12. The summed E-state index contributed by atoms with van der Waals surface area (Å²) in [6, 6.07) is 5.98. The van der Waals surface area contributed by atoms with Crippen LogP contribution in [0.1, 0.15) is 30.0 Å². The smallest absolute Gasteiger partial charge is 0.145 e. The van der Waals surface area contributed by atoms with Gasteiger partial charge < -0.3 is 4.74 Å². The minimum atomic E-state index is 0.599. The topological polar surface area (TPSA) is 22.1 Å². The Labute approximate surface area is 106 Å². The summed E-state index contributed by atoms with van der Waals surface area (Å²) >= 11 is 6.37. The number of nitrogens with zero attached hydrogens (tertiary/aromatic N) is 1. The lowest BCUT2D eigenvalue weighted by Gasteiger charge is -2.10. The van der Waals surface area contributed by atoms with Gasteiger partial charge in [0, 0.05) is 17.0 Å². The van der Waals surface area contributed by atoms with Crippen molar-refractivity contribution in [2.45, 2.75) is 25.7 Å². The number of benzene rings is 1. The molecular weight excluding hydrogens is 234 g/mol. The van der Waals surface area contributed by atoms with E-state index in [1.54, 1.807) is 7.11 Å². The third kappa shape index (κ3) is 1.77. The van der Waals surface area contributed by atoms with Crippen LogP contribution in [-0.4, -0.2) is 12.1 Å². The summed E-state index contributed by atoms with van der Waals surface area (Å²) in [6.07, 6.45) is 2.45. The molecule has 88 valence electrons. The van der Waals surface area contributed by atoms with Crippen molar-refractivity contribution in [2.75, 3.05) is 7.11 Å². The summed E-state index contributed by atoms with van der Waals surface area (Å²) in [6.45, 7) is 2.05. The van der Waals surface area contributed by atoms with Crippen molar-refractivity contribution in [3.05, 3.63) is 34.5 Å². The number of hydrogen-bond donors (Lipinski definition) is 0. The summed E-state index contributed by atoms with van der Waals surface area (Å²) < 4.78 is 5.37. The van der Waals surface area contributed by atoms with Crippen LogP contribution >= 0.6 is 11.6 Å². The van der Waals surface area contributed by atoms with Crippen LogP contribution in [0.25, 0.3) is 10.9 Å². The van der Waals surface area contributed by atoms with Gasteiger partial charge >= 0.3 is 0 Å². The molecule has 1 aliphatic rings. The quantitative estimate of drug-likeness (QED) is 0.798. The Morgan fingerprint density at radius 1 is 1.35 bits per heavy atom. The van der Waals surface area contributed by atoms with Crippen LogP contribution in [0, 0.1) is 6.92 Å². The Kier molecular flexibility index (Phi) is 2.48. The molecule has 0 bridgehead atoms. The summed E-state index contributed by atoms with van der Waals surface area (Å²) in [5.74, 6) is 1.40. The molecule has 17 heavy (non-hydrogen) atoms. The Morgan fingerprint density at radius 3 is 2.76 bits per heavy atom. The van der Waals surface area contributed by atoms with E-state index < -0.39 is 0 Å². The van der Waals surface area contributed by atoms with Crippen molar-refractivity contribution in [3.63, 3.8) is 0 Å². The van der Waals surface area contributed by atoms with E-state index in [2.05, 4.69) is 0 Å². The lowest BCUT2D eigenvalue weighted by atomic mass is 10.1. The van der Waals surface area contributed by atoms with Crippen LogP contribution in [0.2, 0.25) is 5.02 Å². The molecule has 2 nitrogen and oxygen atoms in total. The van der Waals surface area contributed by atoms with Crippen molar-refractivity contribution in [1.82, 2.24) is 4.98 Å². The van der Waals surface area contributed by atoms with E-state index in [1.165, 1.54) is 12.8 Å². The molecule has 3 rings (SSSR count). The van der Waals surface area contributed by atoms with Gasteiger partial charge in [0.15, 0.2) is 0 Å². The molecule has 1 heterocycles. The molecule has 0 radical (unpaired) electrons. The monoisotopic (exact) mass is 247 g/mol. The highest BCUT2D eigenvalue weighted by Gasteiger charge is 2.26. The van der Waals surface area contributed by atoms with Gasteiger partial charge in [-0.05, 0) is 37.5 Å². The fourth-order valence-electron chi connectivity index (χ4n) is 2.20. The van der Waals surface area contributed by atoms with Crippen molar-refractivity contribution in [3.8, 4) is 5.75 Å². The van der Waals surface area contributed by atoms with E-state index in [4.69, 9.17) is 21.3 Å². The van der Waals surface area contributed by atoms with Crippen LogP contribution in [-0.2, 0) is 0 Å². The first kappa shape index (κ1) is 10.8. The largest absolute Gasteiger partial charge is 0.494 e. The highest BCUT2D eigenvalue weighted by atomic mass is 35.5. The summed E-state index contributed by atoms with van der Waals surface area (Å²) in [7, 11) is 1.67. The number of aryl methyl sites for hydroxylation is 1. The van der Waals surface area contributed by atoms with E-state index in [0.29, 0.717) is 5.92 Å². The Hall–Kier alpha value is -1.28. The van der Waals surface area contributed by atoms with Crippen LogP contribution in [0.3, 0.4) is 0 Å². The van der Waals surface area contributed by atoms with E-state index in [0.717, 1.165) is 32.9 Å². The number of ether oxygens (including phenoxy) is 1. The Morgan fingerprint density at radius 2 is 2.12 bits per heavy atom. The van der Waals surface area contributed by atoms with Gasteiger partial charge in [-0.3, -0.25) is 0 Å². The van der Waals surface area contributed by atoms with Gasteiger partial charge in [0.1, 0.15) is 11.3 Å². The second-order valence-corrected chi connectivity index (χ2v) is 5.02. The van der Waals surface area contributed by atoms with Crippen molar-refractivity contribution >= 4 is 22.5 Å². The molecule has 0 spiro atoms. The second kappa shape index (κ2) is 3.88. The molecule has 1 fully saturated rings. The van der Waals surface area contributed by atoms with E-state index >= 15 is 0 Å². The highest BCUT2D eigenvalue weighted by Crippen LogP contribution is 2.42. The average molecular weight is 248 g/mol. The van der Waals surface area contributed by atoms with Gasteiger partial charge in [-0.2, -0.15) is 0 Å².